The lowest BCUT2D eigenvalue weighted by atomic mass is 10.2. The second-order valence-corrected chi connectivity index (χ2v) is 7.15. The van der Waals surface area contributed by atoms with E-state index in [2.05, 4.69) is 15.5 Å². The van der Waals surface area contributed by atoms with Crippen LogP contribution in [0.1, 0.15) is 6.92 Å². The molecule has 10 heteroatoms. The average molecular weight is 388 g/mol. The fraction of sp³-hybridized carbons (Fsp3) is 0.118. The average Bonchev–Trinajstić information content (AvgIpc) is 3.16. The second-order valence-electron chi connectivity index (χ2n) is 5.59. The molecule has 0 bridgehead atoms. The third-order valence-electron chi connectivity index (χ3n) is 3.59. The number of rotatable bonds is 6. The predicted octanol–water partition coefficient (Wildman–Crippen LogP) is 1.79. The Balaban J connectivity index is 1.60. The zero-order chi connectivity index (χ0) is 19.4. The first kappa shape index (κ1) is 18.5. The number of carbonyl (C=O) groups is 1. The SMILES string of the molecule is C[C@H](Oc1ccc(-c2nnco2)cc1)C(=O)Nc1ccc(S(N)(=O)=O)cc1. The van der Waals surface area contributed by atoms with Gasteiger partial charge in [-0.2, -0.15) is 0 Å². The third-order valence-corrected chi connectivity index (χ3v) is 4.52. The van der Waals surface area contributed by atoms with Crippen LogP contribution in [-0.4, -0.2) is 30.6 Å². The van der Waals surface area contributed by atoms with Crippen molar-refractivity contribution >= 4 is 21.6 Å². The van der Waals surface area contributed by atoms with Crippen LogP contribution < -0.4 is 15.2 Å². The molecule has 0 fully saturated rings. The molecule has 0 aliphatic heterocycles. The summed E-state index contributed by atoms with van der Waals surface area (Å²) in [7, 11) is -3.78. The highest BCUT2D eigenvalue weighted by Crippen LogP contribution is 2.21. The van der Waals surface area contributed by atoms with Gasteiger partial charge in [0.15, 0.2) is 6.10 Å². The molecule has 1 heterocycles. The fourth-order valence-corrected chi connectivity index (χ4v) is 2.72. The molecule has 1 aromatic heterocycles. The minimum atomic E-state index is -3.78. The fourth-order valence-electron chi connectivity index (χ4n) is 2.20. The molecule has 3 N–H and O–H groups in total. The number of hydrogen-bond acceptors (Lipinski definition) is 7. The molecule has 1 amide bonds. The summed E-state index contributed by atoms with van der Waals surface area (Å²) in [6.07, 6.45) is 0.457. The van der Waals surface area contributed by atoms with Crippen molar-refractivity contribution in [1.82, 2.24) is 10.2 Å². The first-order chi connectivity index (χ1) is 12.8. The van der Waals surface area contributed by atoms with Gasteiger partial charge in [0, 0.05) is 11.3 Å². The normalized spacial score (nSPS) is 12.4. The molecular weight excluding hydrogens is 372 g/mol. The quantitative estimate of drug-likeness (QED) is 0.656. The number of carbonyl (C=O) groups excluding carboxylic acids is 1. The largest absolute Gasteiger partial charge is 0.481 e. The van der Waals surface area contributed by atoms with Crippen LogP contribution in [0.4, 0.5) is 5.69 Å². The van der Waals surface area contributed by atoms with E-state index in [1.807, 2.05) is 0 Å². The van der Waals surface area contributed by atoms with E-state index in [1.165, 1.54) is 30.7 Å². The minimum Gasteiger partial charge on any atom is -0.481 e. The van der Waals surface area contributed by atoms with Gasteiger partial charge in [0.2, 0.25) is 22.3 Å². The van der Waals surface area contributed by atoms with Crippen LogP contribution in [0.15, 0.2) is 64.2 Å². The zero-order valence-corrected chi connectivity index (χ0v) is 15.0. The molecule has 0 saturated carbocycles. The summed E-state index contributed by atoms with van der Waals surface area (Å²) in [6, 6.07) is 12.4. The maximum absolute atomic E-state index is 12.2. The lowest BCUT2D eigenvalue weighted by Crippen LogP contribution is -2.30. The molecule has 0 radical (unpaired) electrons. The van der Waals surface area contributed by atoms with E-state index in [4.69, 9.17) is 14.3 Å². The van der Waals surface area contributed by atoms with Crippen LogP contribution >= 0.6 is 0 Å². The van der Waals surface area contributed by atoms with Gasteiger partial charge in [0.05, 0.1) is 4.90 Å². The van der Waals surface area contributed by atoms with E-state index in [9.17, 15) is 13.2 Å². The molecule has 0 spiro atoms. The van der Waals surface area contributed by atoms with Crippen molar-refractivity contribution in [1.29, 1.82) is 0 Å². The highest BCUT2D eigenvalue weighted by atomic mass is 32.2. The van der Waals surface area contributed by atoms with E-state index in [-0.39, 0.29) is 10.8 Å². The van der Waals surface area contributed by atoms with Crippen molar-refractivity contribution < 1.29 is 22.4 Å². The van der Waals surface area contributed by atoms with Gasteiger partial charge >= 0.3 is 0 Å². The van der Waals surface area contributed by atoms with Crippen molar-refractivity contribution in [3.8, 4) is 17.2 Å². The summed E-state index contributed by atoms with van der Waals surface area (Å²) in [5.74, 6) is 0.486. The van der Waals surface area contributed by atoms with Crippen molar-refractivity contribution in [2.75, 3.05) is 5.32 Å². The van der Waals surface area contributed by atoms with Gasteiger partial charge in [-0.05, 0) is 55.5 Å². The molecule has 3 aromatic rings. The minimum absolute atomic E-state index is 0.0360. The number of benzene rings is 2. The maximum atomic E-state index is 12.2. The van der Waals surface area contributed by atoms with Crippen LogP contribution in [0.5, 0.6) is 5.75 Å². The Hall–Kier alpha value is -3.24. The summed E-state index contributed by atoms with van der Waals surface area (Å²) in [6.45, 7) is 1.60. The summed E-state index contributed by atoms with van der Waals surface area (Å²) < 4.78 is 33.2. The highest BCUT2D eigenvalue weighted by molar-refractivity contribution is 7.89. The van der Waals surface area contributed by atoms with E-state index in [0.717, 1.165) is 5.56 Å². The Morgan fingerprint density at radius 1 is 1.15 bits per heavy atom. The smallest absolute Gasteiger partial charge is 0.265 e. The van der Waals surface area contributed by atoms with Gasteiger partial charge in [-0.3, -0.25) is 4.79 Å². The first-order valence-corrected chi connectivity index (χ1v) is 9.34. The highest BCUT2D eigenvalue weighted by Gasteiger charge is 2.16. The van der Waals surface area contributed by atoms with Gasteiger partial charge in [0.1, 0.15) is 5.75 Å². The Morgan fingerprint density at radius 3 is 2.37 bits per heavy atom. The Kier molecular flexibility index (Phi) is 5.19. The molecule has 1 atom stereocenters. The summed E-state index contributed by atoms with van der Waals surface area (Å²) in [4.78, 5) is 12.2. The Bertz CT molecular complexity index is 1020. The lowest BCUT2D eigenvalue weighted by Gasteiger charge is -2.15. The standard InChI is InChI=1S/C17H16N4O5S/c1-11(16(22)20-13-4-8-15(9-5-13)27(18,23)24)26-14-6-2-12(3-7-14)17-21-19-10-25-17/h2-11H,1H3,(H,20,22)(H2,18,23,24)/t11-/m0/s1. The third kappa shape index (κ3) is 4.68. The number of sulfonamides is 1. The van der Waals surface area contributed by atoms with Crippen molar-refractivity contribution in [3.63, 3.8) is 0 Å². The van der Waals surface area contributed by atoms with Crippen molar-refractivity contribution in [2.45, 2.75) is 17.9 Å². The lowest BCUT2D eigenvalue weighted by molar-refractivity contribution is -0.122. The molecule has 27 heavy (non-hydrogen) atoms. The topological polar surface area (TPSA) is 137 Å². The number of nitrogens with one attached hydrogen (secondary N) is 1. The Morgan fingerprint density at radius 2 is 1.81 bits per heavy atom. The number of hydrogen-bond donors (Lipinski definition) is 2. The van der Waals surface area contributed by atoms with Gasteiger partial charge < -0.3 is 14.5 Å². The zero-order valence-electron chi connectivity index (χ0n) is 14.2. The number of nitrogens with zero attached hydrogens (tertiary/aromatic N) is 2. The van der Waals surface area contributed by atoms with E-state index in [1.54, 1.807) is 31.2 Å². The van der Waals surface area contributed by atoms with Crippen LogP contribution in [-0.2, 0) is 14.8 Å². The first-order valence-electron chi connectivity index (χ1n) is 7.80. The monoisotopic (exact) mass is 388 g/mol. The molecule has 2 aromatic carbocycles. The van der Waals surface area contributed by atoms with Crippen LogP contribution in [0.2, 0.25) is 0 Å². The van der Waals surface area contributed by atoms with Crippen molar-refractivity contribution in [2.24, 2.45) is 5.14 Å². The predicted molar refractivity (Wildman–Crippen MR) is 96.3 cm³/mol. The van der Waals surface area contributed by atoms with Crippen LogP contribution in [0.25, 0.3) is 11.5 Å². The number of nitrogens with two attached hydrogens (primary N) is 1. The summed E-state index contributed by atoms with van der Waals surface area (Å²) in [5, 5.41) is 15.1. The summed E-state index contributed by atoms with van der Waals surface area (Å²) >= 11 is 0. The molecule has 3 rings (SSSR count). The van der Waals surface area contributed by atoms with E-state index >= 15 is 0 Å². The Labute approximate surface area is 155 Å². The number of primary sulfonamides is 1. The summed E-state index contributed by atoms with van der Waals surface area (Å²) in [5.41, 5.74) is 1.15. The molecule has 0 aliphatic rings. The van der Waals surface area contributed by atoms with Gasteiger partial charge in [-0.1, -0.05) is 0 Å². The number of anilines is 1. The second kappa shape index (κ2) is 7.56. The molecule has 0 saturated heterocycles. The van der Waals surface area contributed by atoms with Gasteiger partial charge in [0.25, 0.3) is 5.91 Å². The maximum Gasteiger partial charge on any atom is 0.265 e. The number of amides is 1. The van der Waals surface area contributed by atoms with Gasteiger partial charge in [-0.25, -0.2) is 13.6 Å². The van der Waals surface area contributed by atoms with Gasteiger partial charge in [-0.15, -0.1) is 10.2 Å². The molecule has 140 valence electrons. The number of aromatic nitrogens is 2. The number of ether oxygens (including phenoxy) is 1. The van der Waals surface area contributed by atoms with E-state index < -0.39 is 16.1 Å². The molecule has 0 unspecified atom stereocenters. The molecular formula is C17H16N4O5S. The van der Waals surface area contributed by atoms with E-state index in [0.29, 0.717) is 17.3 Å². The molecule has 0 aliphatic carbocycles. The molecule has 9 nitrogen and oxygen atoms in total. The van der Waals surface area contributed by atoms with Crippen LogP contribution in [0.3, 0.4) is 0 Å². The van der Waals surface area contributed by atoms with Crippen LogP contribution in [0, 0.1) is 0 Å². The van der Waals surface area contributed by atoms with Crippen molar-refractivity contribution in [3.05, 3.63) is 54.9 Å².